The predicted octanol–water partition coefficient (Wildman–Crippen LogP) is 3.63. The van der Waals surface area contributed by atoms with Crippen molar-refractivity contribution in [1.29, 1.82) is 0 Å². The molecule has 108 valence electrons. The summed E-state index contributed by atoms with van der Waals surface area (Å²) in [6.07, 6.45) is 1.45. The molecule has 1 unspecified atom stereocenters. The monoisotopic (exact) mass is 321 g/mol. The molecule has 5 nitrogen and oxygen atoms in total. The van der Waals surface area contributed by atoms with Gasteiger partial charge >= 0.3 is 0 Å². The minimum absolute atomic E-state index is 0.0459. The molecule has 2 heterocycles. The Morgan fingerprint density at radius 1 is 1.24 bits per heavy atom. The van der Waals surface area contributed by atoms with E-state index in [1.54, 1.807) is 10.6 Å². The predicted molar refractivity (Wildman–Crippen MR) is 84.1 cm³/mol. The van der Waals surface area contributed by atoms with Crippen molar-refractivity contribution in [2.24, 2.45) is 0 Å². The topological polar surface area (TPSA) is 46.3 Å². The minimum Gasteiger partial charge on any atom is -0.353 e. The lowest BCUT2D eigenvalue weighted by Crippen LogP contribution is -2.24. The van der Waals surface area contributed by atoms with Crippen LogP contribution < -0.4 is 4.90 Å². The lowest BCUT2D eigenvalue weighted by Gasteiger charge is -2.28. The third-order valence-electron chi connectivity index (χ3n) is 3.50. The first-order valence-electron chi connectivity index (χ1n) is 6.41. The number of anilines is 1. The molecule has 0 saturated carbocycles. The summed E-state index contributed by atoms with van der Waals surface area (Å²) in [6, 6.07) is 9.57. The van der Waals surface area contributed by atoms with Gasteiger partial charge in [-0.3, -0.25) is 0 Å². The Morgan fingerprint density at radius 3 is 2.76 bits per heavy atom. The zero-order valence-corrected chi connectivity index (χ0v) is 13.0. The van der Waals surface area contributed by atoms with Crippen LogP contribution in [0.25, 0.3) is 5.78 Å². The fourth-order valence-electron chi connectivity index (χ4n) is 2.24. The molecule has 0 bridgehead atoms. The van der Waals surface area contributed by atoms with Gasteiger partial charge in [-0.2, -0.15) is 19.6 Å². The van der Waals surface area contributed by atoms with Crippen LogP contribution in [-0.2, 0) is 0 Å². The lowest BCUT2D eigenvalue weighted by atomic mass is 10.1. The molecule has 0 aliphatic carbocycles. The molecule has 0 spiro atoms. The van der Waals surface area contributed by atoms with Crippen LogP contribution in [0.2, 0.25) is 10.2 Å². The molecule has 0 amide bonds. The summed E-state index contributed by atoms with van der Waals surface area (Å²) in [5.41, 5.74) is 1.03. The molecule has 21 heavy (non-hydrogen) atoms. The number of aromatic nitrogens is 4. The highest BCUT2D eigenvalue weighted by Gasteiger charge is 2.18. The summed E-state index contributed by atoms with van der Waals surface area (Å²) >= 11 is 12.3. The SMILES string of the molecule is CC(c1ccccc1Cl)N(C)c1cc(Cl)nc2ncnn12. The highest BCUT2D eigenvalue weighted by atomic mass is 35.5. The molecule has 3 aromatic rings. The number of halogens is 2. The standard InChI is InChI=1S/C14H13Cl2N5/c1-9(10-5-3-4-6-11(10)15)20(2)13-7-12(16)19-14-17-8-18-21(13)14/h3-9H,1-2H3. The molecule has 0 saturated heterocycles. The molecule has 1 aromatic carbocycles. The van der Waals surface area contributed by atoms with Crippen molar-refractivity contribution in [3.63, 3.8) is 0 Å². The maximum Gasteiger partial charge on any atom is 0.255 e. The number of rotatable bonds is 3. The number of hydrogen-bond donors (Lipinski definition) is 0. The molecule has 1 atom stereocenters. The van der Waals surface area contributed by atoms with Crippen molar-refractivity contribution in [2.75, 3.05) is 11.9 Å². The molecule has 2 aromatic heterocycles. The Labute approximate surface area is 132 Å². The first-order chi connectivity index (χ1) is 10.1. The summed E-state index contributed by atoms with van der Waals surface area (Å²) < 4.78 is 1.65. The van der Waals surface area contributed by atoms with Gasteiger partial charge in [0.1, 0.15) is 17.3 Å². The van der Waals surface area contributed by atoms with E-state index in [2.05, 4.69) is 22.0 Å². The van der Waals surface area contributed by atoms with E-state index in [1.165, 1.54) is 6.33 Å². The molecule has 0 aliphatic heterocycles. The normalized spacial score (nSPS) is 12.6. The van der Waals surface area contributed by atoms with Crippen molar-refractivity contribution >= 4 is 34.8 Å². The van der Waals surface area contributed by atoms with E-state index < -0.39 is 0 Å². The zero-order chi connectivity index (χ0) is 15.0. The minimum atomic E-state index is 0.0459. The van der Waals surface area contributed by atoms with Crippen LogP contribution in [0.3, 0.4) is 0 Å². The van der Waals surface area contributed by atoms with E-state index >= 15 is 0 Å². The van der Waals surface area contributed by atoms with Gasteiger partial charge in [-0.1, -0.05) is 41.4 Å². The van der Waals surface area contributed by atoms with E-state index in [0.29, 0.717) is 10.9 Å². The second kappa shape index (κ2) is 5.50. The fraction of sp³-hybridized carbons (Fsp3) is 0.214. The summed E-state index contributed by atoms with van der Waals surface area (Å²) in [5, 5.41) is 5.30. The summed E-state index contributed by atoms with van der Waals surface area (Å²) in [4.78, 5) is 10.2. The smallest absolute Gasteiger partial charge is 0.255 e. The van der Waals surface area contributed by atoms with Crippen molar-refractivity contribution in [1.82, 2.24) is 19.6 Å². The highest BCUT2D eigenvalue weighted by molar-refractivity contribution is 6.31. The Kier molecular flexibility index (Phi) is 3.69. The second-order valence-corrected chi connectivity index (χ2v) is 5.51. The van der Waals surface area contributed by atoms with E-state index in [4.69, 9.17) is 23.2 Å². The summed E-state index contributed by atoms with van der Waals surface area (Å²) in [7, 11) is 1.96. The fourth-order valence-corrected chi connectivity index (χ4v) is 2.71. The van der Waals surface area contributed by atoms with Crippen molar-refractivity contribution in [2.45, 2.75) is 13.0 Å². The van der Waals surface area contributed by atoms with Crippen LogP contribution in [-0.4, -0.2) is 26.6 Å². The Morgan fingerprint density at radius 2 is 2.00 bits per heavy atom. The Balaban J connectivity index is 2.06. The van der Waals surface area contributed by atoms with Crippen LogP contribution in [0.4, 0.5) is 5.82 Å². The number of hydrogen-bond acceptors (Lipinski definition) is 4. The highest BCUT2D eigenvalue weighted by Crippen LogP contribution is 2.30. The van der Waals surface area contributed by atoms with Gasteiger partial charge in [-0.05, 0) is 18.6 Å². The van der Waals surface area contributed by atoms with Crippen LogP contribution in [0.5, 0.6) is 0 Å². The van der Waals surface area contributed by atoms with Crippen molar-refractivity contribution < 1.29 is 0 Å². The molecule has 7 heteroatoms. The second-order valence-electron chi connectivity index (χ2n) is 4.72. The average Bonchev–Trinajstić information content (AvgIpc) is 2.93. The number of benzene rings is 1. The van der Waals surface area contributed by atoms with E-state index in [-0.39, 0.29) is 6.04 Å². The van der Waals surface area contributed by atoms with Gasteiger partial charge in [-0.25, -0.2) is 0 Å². The van der Waals surface area contributed by atoms with Crippen LogP contribution in [0, 0.1) is 0 Å². The van der Waals surface area contributed by atoms with Gasteiger partial charge in [0.2, 0.25) is 0 Å². The van der Waals surface area contributed by atoms with Gasteiger partial charge < -0.3 is 4.90 Å². The van der Waals surface area contributed by atoms with Gasteiger partial charge in [0, 0.05) is 18.1 Å². The molecule has 0 N–H and O–H groups in total. The van der Waals surface area contributed by atoms with E-state index in [9.17, 15) is 0 Å². The Bertz CT molecular complexity index is 786. The van der Waals surface area contributed by atoms with E-state index in [1.807, 2.05) is 36.2 Å². The summed E-state index contributed by atoms with van der Waals surface area (Å²) in [6.45, 7) is 2.07. The van der Waals surface area contributed by atoms with Crippen molar-refractivity contribution in [3.05, 3.63) is 52.4 Å². The Hall–Kier alpha value is -1.85. The third-order valence-corrected chi connectivity index (χ3v) is 4.04. The molecule has 0 radical (unpaired) electrons. The molecule has 0 fully saturated rings. The van der Waals surface area contributed by atoms with Crippen LogP contribution >= 0.6 is 23.2 Å². The maximum absolute atomic E-state index is 6.28. The van der Waals surface area contributed by atoms with Crippen molar-refractivity contribution in [3.8, 4) is 0 Å². The largest absolute Gasteiger partial charge is 0.353 e. The molecule has 0 aliphatic rings. The van der Waals surface area contributed by atoms with Gasteiger partial charge in [0.15, 0.2) is 0 Å². The van der Waals surface area contributed by atoms with Gasteiger partial charge in [0.25, 0.3) is 5.78 Å². The zero-order valence-electron chi connectivity index (χ0n) is 11.5. The molecular weight excluding hydrogens is 309 g/mol. The molecule has 3 rings (SSSR count). The quantitative estimate of drug-likeness (QED) is 0.691. The number of nitrogens with zero attached hydrogens (tertiary/aromatic N) is 5. The number of fused-ring (bicyclic) bond motifs is 1. The maximum atomic E-state index is 6.28. The first kappa shape index (κ1) is 14.1. The van der Waals surface area contributed by atoms with Crippen LogP contribution in [0.15, 0.2) is 36.7 Å². The van der Waals surface area contributed by atoms with E-state index in [0.717, 1.165) is 16.4 Å². The van der Waals surface area contributed by atoms with Gasteiger partial charge in [-0.15, -0.1) is 0 Å². The van der Waals surface area contributed by atoms with Crippen LogP contribution in [0.1, 0.15) is 18.5 Å². The summed E-state index contributed by atoms with van der Waals surface area (Å²) in [5.74, 6) is 1.27. The average molecular weight is 322 g/mol. The van der Waals surface area contributed by atoms with Gasteiger partial charge in [0.05, 0.1) is 6.04 Å². The lowest BCUT2D eigenvalue weighted by molar-refractivity contribution is 0.710. The third kappa shape index (κ3) is 2.54. The first-order valence-corrected chi connectivity index (χ1v) is 7.17. The molecular formula is C14H13Cl2N5.